The zero-order valence-corrected chi connectivity index (χ0v) is 11.0. The van der Waals surface area contributed by atoms with E-state index in [0.717, 1.165) is 17.2 Å². The van der Waals surface area contributed by atoms with Gasteiger partial charge in [0.2, 0.25) is 0 Å². The first-order valence-corrected chi connectivity index (χ1v) is 6.85. The van der Waals surface area contributed by atoms with Gasteiger partial charge in [0.15, 0.2) is 0 Å². The third kappa shape index (κ3) is 2.62. The number of methoxy groups -OCH3 is 1. The highest BCUT2D eigenvalue weighted by Crippen LogP contribution is 2.43. The molecule has 1 saturated carbocycles. The number of rotatable bonds is 6. The van der Waals surface area contributed by atoms with E-state index in [4.69, 9.17) is 9.72 Å². The summed E-state index contributed by atoms with van der Waals surface area (Å²) in [6, 6.07) is 0.340. The summed E-state index contributed by atoms with van der Waals surface area (Å²) in [4.78, 5) is 4.69. The average Bonchev–Trinajstić information content (AvgIpc) is 2.97. The molecule has 4 heteroatoms. The van der Waals surface area contributed by atoms with Crippen LogP contribution in [0, 0.1) is 5.92 Å². The van der Waals surface area contributed by atoms with E-state index in [2.05, 4.69) is 24.5 Å². The molecule has 0 saturated heterocycles. The van der Waals surface area contributed by atoms with Gasteiger partial charge in [0.05, 0.1) is 5.69 Å². The van der Waals surface area contributed by atoms with Crippen LogP contribution in [0.4, 0.5) is 0 Å². The summed E-state index contributed by atoms with van der Waals surface area (Å²) in [5.41, 5.74) is 1.14. The zero-order valence-electron chi connectivity index (χ0n) is 10.2. The lowest BCUT2D eigenvalue weighted by atomic mass is 10.2. The molecular formula is C12H20N2OS. The number of hydrogen-bond acceptors (Lipinski definition) is 4. The Kier molecular flexibility index (Phi) is 3.95. The highest BCUT2D eigenvalue weighted by Gasteiger charge is 2.34. The zero-order chi connectivity index (χ0) is 11.5. The monoisotopic (exact) mass is 240 g/mol. The van der Waals surface area contributed by atoms with Crippen LogP contribution in [0.25, 0.3) is 0 Å². The largest absolute Gasteiger partial charge is 0.374 e. The van der Waals surface area contributed by atoms with Gasteiger partial charge in [-0.1, -0.05) is 6.92 Å². The molecule has 1 heterocycles. The topological polar surface area (TPSA) is 34.1 Å². The van der Waals surface area contributed by atoms with Crippen LogP contribution in [0.15, 0.2) is 5.38 Å². The molecule has 1 aliphatic rings. The van der Waals surface area contributed by atoms with Crippen molar-refractivity contribution in [3.05, 3.63) is 16.1 Å². The van der Waals surface area contributed by atoms with Crippen LogP contribution in [0.3, 0.4) is 0 Å². The van der Waals surface area contributed by atoms with E-state index in [-0.39, 0.29) is 6.10 Å². The minimum atomic E-state index is 0.229. The molecule has 3 nitrogen and oxygen atoms in total. The summed E-state index contributed by atoms with van der Waals surface area (Å²) in [7, 11) is 1.79. The van der Waals surface area contributed by atoms with E-state index < -0.39 is 0 Å². The molecule has 16 heavy (non-hydrogen) atoms. The Morgan fingerprint density at radius 1 is 1.62 bits per heavy atom. The van der Waals surface area contributed by atoms with Gasteiger partial charge in [0, 0.05) is 18.5 Å². The highest BCUT2D eigenvalue weighted by atomic mass is 32.1. The number of nitrogens with zero attached hydrogens (tertiary/aromatic N) is 1. The Hall–Kier alpha value is -0.450. The molecule has 0 aromatic carbocycles. The van der Waals surface area contributed by atoms with Crippen molar-refractivity contribution >= 4 is 11.3 Å². The highest BCUT2D eigenvalue weighted by molar-refractivity contribution is 7.09. The third-order valence-electron chi connectivity index (χ3n) is 3.04. The SMILES string of the molecule is CCNC(C)c1csc(C(OC)C2CC2)n1. The average molecular weight is 240 g/mol. The standard InChI is InChI=1S/C12H20N2OS/c1-4-13-8(2)10-7-16-12(14-10)11(15-3)9-5-6-9/h7-9,11,13H,4-6H2,1-3H3. The minimum Gasteiger partial charge on any atom is -0.374 e. The van der Waals surface area contributed by atoms with Crippen LogP contribution in [0.5, 0.6) is 0 Å². The van der Waals surface area contributed by atoms with Crippen LogP contribution in [-0.2, 0) is 4.74 Å². The van der Waals surface area contributed by atoms with Crippen LogP contribution in [0.2, 0.25) is 0 Å². The fourth-order valence-corrected chi connectivity index (χ4v) is 3.01. The van der Waals surface area contributed by atoms with Crippen LogP contribution < -0.4 is 5.32 Å². The van der Waals surface area contributed by atoms with Gasteiger partial charge in [0.1, 0.15) is 11.1 Å². The molecule has 0 bridgehead atoms. The maximum absolute atomic E-state index is 5.54. The van der Waals surface area contributed by atoms with Crippen LogP contribution in [0.1, 0.15) is 49.5 Å². The molecule has 2 atom stereocenters. The quantitative estimate of drug-likeness (QED) is 0.830. The molecule has 1 N–H and O–H groups in total. The molecule has 1 aliphatic carbocycles. The van der Waals surface area contributed by atoms with E-state index >= 15 is 0 Å². The first-order valence-electron chi connectivity index (χ1n) is 5.97. The Morgan fingerprint density at radius 2 is 2.38 bits per heavy atom. The number of ether oxygens (including phenoxy) is 1. The predicted octanol–water partition coefficient (Wildman–Crippen LogP) is 2.91. The number of nitrogens with one attached hydrogen (secondary N) is 1. The Morgan fingerprint density at radius 3 is 2.94 bits per heavy atom. The Bertz CT molecular complexity index is 336. The molecule has 0 spiro atoms. The summed E-state index contributed by atoms with van der Waals surface area (Å²) in [6.45, 7) is 5.25. The van der Waals surface area contributed by atoms with Crippen molar-refractivity contribution in [2.24, 2.45) is 5.92 Å². The van der Waals surface area contributed by atoms with Gasteiger partial charge in [-0.05, 0) is 32.2 Å². The molecule has 0 aliphatic heterocycles. The van der Waals surface area contributed by atoms with Crippen molar-refractivity contribution < 1.29 is 4.74 Å². The van der Waals surface area contributed by atoms with Crippen LogP contribution >= 0.6 is 11.3 Å². The van der Waals surface area contributed by atoms with Gasteiger partial charge < -0.3 is 10.1 Å². The fourth-order valence-electron chi connectivity index (χ4n) is 1.93. The molecule has 0 radical (unpaired) electrons. The van der Waals surface area contributed by atoms with Gasteiger partial charge in [-0.3, -0.25) is 0 Å². The van der Waals surface area contributed by atoms with E-state index in [9.17, 15) is 0 Å². The van der Waals surface area contributed by atoms with Crippen molar-refractivity contribution in [2.45, 2.75) is 38.8 Å². The molecule has 2 rings (SSSR count). The first kappa shape index (κ1) is 12.0. The van der Waals surface area contributed by atoms with Gasteiger partial charge in [-0.15, -0.1) is 11.3 Å². The maximum Gasteiger partial charge on any atom is 0.122 e. The van der Waals surface area contributed by atoms with Crippen LogP contribution in [-0.4, -0.2) is 18.6 Å². The molecule has 1 fully saturated rings. The van der Waals surface area contributed by atoms with Gasteiger partial charge in [-0.25, -0.2) is 4.98 Å². The lowest BCUT2D eigenvalue weighted by Crippen LogP contribution is -2.18. The second-order valence-corrected chi connectivity index (χ2v) is 5.27. The van der Waals surface area contributed by atoms with Crippen molar-refractivity contribution in [2.75, 3.05) is 13.7 Å². The summed E-state index contributed by atoms with van der Waals surface area (Å²) in [5.74, 6) is 0.707. The molecular weight excluding hydrogens is 220 g/mol. The smallest absolute Gasteiger partial charge is 0.122 e. The predicted molar refractivity (Wildman–Crippen MR) is 66.7 cm³/mol. The van der Waals surface area contributed by atoms with Crippen molar-refractivity contribution in [1.82, 2.24) is 10.3 Å². The molecule has 1 aromatic heterocycles. The Labute approximate surface area is 101 Å². The van der Waals surface area contributed by atoms with Crippen molar-refractivity contribution in [1.29, 1.82) is 0 Å². The van der Waals surface area contributed by atoms with E-state index in [1.165, 1.54) is 12.8 Å². The van der Waals surface area contributed by atoms with Crippen molar-refractivity contribution in [3.8, 4) is 0 Å². The number of aromatic nitrogens is 1. The van der Waals surface area contributed by atoms with E-state index in [1.807, 2.05) is 0 Å². The first-order chi connectivity index (χ1) is 7.76. The number of hydrogen-bond donors (Lipinski definition) is 1. The summed E-state index contributed by atoms with van der Waals surface area (Å²) >= 11 is 1.73. The Balaban J connectivity index is 2.05. The molecule has 2 unspecified atom stereocenters. The second kappa shape index (κ2) is 5.25. The van der Waals surface area contributed by atoms with Gasteiger partial charge >= 0.3 is 0 Å². The molecule has 1 aromatic rings. The summed E-state index contributed by atoms with van der Waals surface area (Å²) in [5, 5.41) is 6.67. The minimum absolute atomic E-state index is 0.229. The summed E-state index contributed by atoms with van der Waals surface area (Å²) in [6.07, 6.45) is 2.80. The van der Waals surface area contributed by atoms with Crippen molar-refractivity contribution in [3.63, 3.8) is 0 Å². The lowest BCUT2D eigenvalue weighted by Gasteiger charge is -2.11. The summed E-state index contributed by atoms with van der Waals surface area (Å²) < 4.78 is 5.54. The normalized spacial score (nSPS) is 19.7. The second-order valence-electron chi connectivity index (χ2n) is 4.38. The molecule has 90 valence electrons. The third-order valence-corrected chi connectivity index (χ3v) is 3.97. The fraction of sp³-hybridized carbons (Fsp3) is 0.750. The van der Waals surface area contributed by atoms with E-state index in [1.54, 1.807) is 18.4 Å². The maximum atomic E-state index is 5.54. The lowest BCUT2D eigenvalue weighted by molar-refractivity contribution is 0.0842. The van der Waals surface area contributed by atoms with Gasteiger partial charge in [-0.2, -0.15) is 0 Å². The van der Waals surface area contributed by atoms with Gasteiger partial charge in [0.25, 0.3) is 0 Å². The number of thiazole rings is 1. The molecule has 0 amide bonds. The van der Waals surface area contributed by atoms with E-state index in [0.29, 0.717) is 12.0 Å².